The van der Waals surface area contributed by atoms with Crippen LogP contribution in [0.2, 0.25) is 0 Å². The van der Waals surface area contributed by atoms with Crippen molar-refractivity contribution in [1.29, 1.82) is 0 Å². The standard InChI is InChI=1S/C17H30N4O4S/c1-2-11(9-22)19-15(24)7-8-18-14(23)6-4-3-5-13-16-12(10-26-13)20-17(25)21-16/h11-13,16,22H,2-10H2,1H3,(H,18,23)(H,19,24)(H2,20,21,25). The number of unbranched alkanes of at least 4 members (excludes halogenated alkanes) is 1. The van der Waals surface area contributed by atoms with Crippen molar-refractivity contribution in [3.05, 3.63) is 0 Å². The van der Waals surface area contributed by atoms with E-state index in [1.807, 2.05) is 18.7 Å². The summed E-state index contributed by atoms with van der Waals surface area (Å²) < 4.78 is 0. The second-order valence-electron chi connectivity index (χ2n) is 6.82. The molecule has 2 heterocycles. The lowest BCUT2D eigenvalue weighted by Gasteiger charge is -2.16. The number of thioether (sulfide) groups is 1. The van der Waals surface area contributed by atoms with E-state index in [0.29, 0.717) is 24.6 Å². The summed E-state index contributed by atoms with van der Waals surface area (Å²) in [5, 5.41) is 20.8. The van der Waals surface area contributed by atoms with Crippen LogP contribution < -0.4 is 21.3 Å². The molecule has 4 amide bonds. The van der Waals surface area contributed by atoms with Gasteiger partial charge in [0.25, 0.3) is 0 Å². The number of urea groups is 1. The van der Waals surface area contributed by atoms with E-state index in [1.165, 1.54) is 0 Å². The topological polar surface area (TPSA) is 120 Å². The van der Waals surface area contributed by atoms with E-state index in [9.17, 15) is 14.4 Å². The van der Waals surface area contributed by atoms with E-state index in [4.69, 9.17) is 5.11 Å². The van der Waals surface area contributed by atoms with Crippen LogP contribution in [0.5, 0.6) is 0 Å². The van der Waals surface area contributed by atoms with E-state index < -0.39 is 0 Å². The predicted molar refractivity (Wildman–Crippen MR) is 101 cm³/mol. The summed E-state index contributed by atoms with van der Waals surface area (Å²) in [6.45, 7) is 2.13. The molecule has 0 aromatic heterocycles. The van der Waals surface area contributed by atoms with Crippen LogP contribution in [0.3, 0.4) is 0 Å². The van der Waals surface area contributed by atoms with Gasteiger partial charge in [-0.2, -0.15) is 11.8 Å². The molecule has 0 bridgehead atoms. The number of carbonyl (C=O) groups excluding carboxylic acids is 3. The van der Waals surface area contributed by atoms with Crippen molar-refractivity contribution in [2.45, 2.75) is 68.8 Å². The summed E-state index contributed by atoms with van der Waals surface area (Å²) in [4.78, 5) is 34.8. The van der Waals surface area contributed by atoms with Gasteiger partial charge in [0, 0.05) is 30.4 Å². The fourth-order valence-electron chi connectivity index (χ4n) is 3.25. The second-order valence-corrected chi connectivity index (χ2v) is 8.10. The first kappa shape index (κ1) is 20.8. The molecular weight excluding hydrogens is 356 g/mol. The van der Waals surface area contributed by atoms with Gasteiger partial charge >= 0.3 is 6.03 Å². The smallest absolute Gasteiger partial charge is 0.315 e. The Morgan fingerprint density at radius 2 is 2.08 bits per heavy atom. The van der Waals surface area contributed by atoms with E-state index in [-0.39, 0.29) is 49.0 Å². The van der Waals surface area contributed by atoms with Crippen LogP contribution in [-0.4, -0.2) is 65.2 Å². The number of carbonyl (C=O) groups is 3. The van der Waals surface area contributed by atoms with Gasteiger partial charge in [0.2, 0.25) is 11.8 Å². The summed E-state index contributed by atoms with van der Waals surface area (Å²) in [7, 11) is 0. The maximum Gasteiger partial charge on any atom is 0.315 e. The fraction of sp³-hybridized carbons (Fsp3) is 0.824. The predicted octanol–water partition coefficient (Wildman–Crippen LogP) is 0.106. The molecular formula is C17H30N4O4S. The van der Waals surface area contributed by atoms with Crippen LogP contribution in [-0.2, 0) is 9.59 Å². The minimum absolute atomic E-state index is 0.0419. The third-order valence-electron chi connectivity index (χ3n) is 4.83. The molecule has 9 heteroatoms. The quantitative estimate of drug-likeness (QED) is 0.255. The van der Waals surface area contributed by atoms with Gasteiger partial charge in [-0.3, -0.25) is 9.59 Å². The number of hydrogen-bond acceptors (Lipinski definition) is 5. The van der Waals surface area contributed by atoms with Crippen LogP contribution in [0.15, 0.2) is 0 Å². The lowest BCUT2D eigenvalue weighted by molar-refractivity contribution is -0.123. The van der Waals surface area contributed by atoms with Crippen molar-refractivity contribution in [1.82, 2.24) is 21.3 Å². The SMILES string of the molecule is CCC(CO)NC(=O)CCNC(=O)CCCCC1SCC2NC(=O)NC21. The molecule has 8 nitrogen and oxygen atoms in total. The molecule has 2 aliphatic heterocycles. The Morgan fingerprint density at radius 1 is 1.27 bits per heavy atom. The minimum Gasteiger partial charge on any atom is -0.394 e. The summed E-state index contributed by atoms with van der Waals surface area (Å²) in [5.74, 6) is 0.747. The first-order chi connectivity index (χ1) is 12.5. The lowest BCUT2D eigenvalue weighted by atomic mass is 10.0. The van der Waals surface area contributed by atoms with Gasteiger partial charge in [-0.1, -0.05) is 13.3 Å². The highest BCUT2D eigenvalue weighted by Gasteiger charge is 2.42. The highest BCUT2D eigenvalue weighted by Crippen LogP contribution is 2.33. The maximum absolute atomic E-state index is 11.8. The van der Waals surface area contributed by atoms with Crippen LogP contribution in [0.4, 0.5) is 4.79 Å². The third kappa shape index (κ3) is 6.35. The number of aliphatic hydroxyl groups excluding tert-OH is 1. The Bertz CT molecular complexity index is 501. The van der Waals surface area contributed by atoms with Crippen molar-refractivity contribution in [2.24, 2.45) is 0 Å². The first-order valence-electron chi connectivity index (χ1n) is 9.39. The number of hydrogen-bond donors (Lipinski definition) is 5. The van der Waals surface area contributed by atoms with Crippen LogP contribution in [0.1, 0.15) is 45.4 Å². The molecule has 5 N–H and O–H groups in total. The zero-order chi connectivity index (χ0) is 18.9. The number of fused-ring (bicyclic) bond motifs is 1. The summed E-state index contributed by atoms with van der Waals surface area (Å²) in [6.07, 6.45) is 4.08. The maximum atomic E-state index is 11.8. The van der Waals surface area contributed by atoms with E-state index in [1.54, 1.807) is 0 Å². The summed E-state index contributed by atoms with van der Waals surface area (Å²) in [5.41, 5.74) is 0. The molecule has 148 valence electrons. The van der Waals surface area contributed by atoms with Gasteiger partial charge in [0.15, 0.2) is 0 Å². The molecule has 2 fully saturated rings. The highest BCUT2D eigenvalue weighted by atomic mass is 32.2. The molecule has 0 spiro atoms. The Hall–Kier alpha value is -1.48. The van der Waals surface area contributed by atoms with Gasteiger partial charge in [-0.15, -0.1) is 0 Å². The molecule has 4 unspecified atom stereocenters. The Labute approximate surface area is 158 Å². The van der Waals surface area contributed by atoms with E-state index >= 15 is 0 Å². The fourth-order valence-corrected chi connectivity index (χ4v) is 4.80. The monoisotopic (exact) mass is 386 g/mol. The van der Waals surface area contributed by atoms with E-state index in [0.717, 1.165) is 25.0 Å². The van der Waals surface area contributed by atoms with Crippen molar-refractivity contribution < 1.29 is 19.5 Å². The van der Waals surface area contributed by atoms with Gasteiger partial charge < -0.3 is 26.4 Å². The molecule has 0 aromatic rings. The summed E-state index contributed by atoms with van der Waals surface area (Å²) >= 11 is 1.88. The van der Waals surface area contributed by atoms with Gasteiger partial charge in [0.1, 0.15) is 0 Å². The largest absolute Gasteiger partial charge is 0.394 e. The molecule has 2 aliphatic rings. The molecule has 0 aliphatic carbocycles. The van der Waals surface area contributed by atoms with Crippen molar-refractivity contribution in [3.63, 3.8) is 0 Å². The highest BCUT2D eigenvalue weighted by molar-refractivity contribution is 8.00. The molecule has 0 aromatic carbocycles. The molecule has 4 atom stereocenters. The third-order valence-corrected chi connectivity index (χ3v) is 6.34. The summed E-state index contributed by atoms with van der Waals surface area (Å²) in [6, 6.07) is 0.167. The van der Waals surface area contributed by atoms with Crippen molar-refractivity contribution in [3.8, 4) is 0 Å². The molecule has 2 saturated heterocycles. The molecule has 0 radical (unpaired) electrons. The Morgan fingerprint density at radius 3 is 2.81 bits per heavy atom. The van der Waals surface area contributed by atoms with Crippen LogP contribution >= 0.6 is 11.8 Å². The number of amides is 4. The van der Waals surface area contributed by atoms with Crippen LogP contribution in [0.25, 0.3) is 0 Å². The molecule has 2 rings (SSSR count). The lowest BCUT2D eigenvalue weighted by Crippen LogP contribution is -2.38. The van der Waals surface area contributed by atoms with Crippen LogP contribution in [0, 0.1) is 0 Å². The normalized spacial score (nSPS) is 25.2. The second kappa shape index (κ2) is 10.6. The minimum atomic E-state index is -0.217. The average Bonchev–Trinajstić information content (AvgIpc) is 3.16. The molecule has 26 heavy (non-hydrogen) atoms. The van der Waals surface area contributed by atoms with E-state index in [2.05, 4.69) is 21.3 Å². The number of nitrogens with one attached hydrogen (secondary N) is 4. The van der Waals surface area contributed by atoms with Gasteiger partial charge in [-0.05, 0) is 19.3 Å². The van der Waals surface area contributed by atoms with Crippen molar-refractivity contribution >= 4 is 29.6 Å². The zero-order valence-corrected chi connectivity index (χ0v) is 16.1. The Kier molecular flexibility index (Phi) is 8.50. The molecule has 0 saturated carbocycles. The van der Waals surface area contributed by atoms with Crippen molar-refractivity contribution in [2.75, 3.05) is 18.9 Å². The Balaban J connectivity index is 1.50. The number of rotatable bonds is 11. The average molecular weight is 387 g/mol. The van der Waals surface area contributed by atoms with Gasteiger partial charge in [-0.25, -0.2) is 4.79 Å². The zero-order valence-electron chi connectivity index (χ0n) is 15.3. The number of aliphatic hydroxyl groups is 1. The first-order valence-corrected chi connectivity index (χ1v) is 10.4. The van der Waals surface area contributed by atoms with Gasteiger partial charge in [0.05, 0.1) is 24.7 Å².